The van der Waals surface area contributed by atoms with Crippen molar-refractivity contribution in [2.75, 3.05) is 13.6 Å². The van der Waals surface area contributed by atoms with Crippen LogP contribution in [0.4, 0.5) is 0 Å². The van der Waals surface area contributed by atoms with Crippen molar-refractivity contribution in [2.45, 2.75) is 39.2 Å². The summed E-state index contributed by atoms with van der Waals surface area (Å²) in [6, 6.07) is 16.9. The van der Waals surface area contributed by atoms with Gasteiger partial charge in [-0.3, -0.25) is 9.59 Å². The van der Waals surface area contributed by atoms with Gasteiger partial charge in [-0.05, 0) is 42.2 Å². The van der Waals surface area contributed by atoms with E-state index < -0.39 is 0 Å². The summed E-state index contributed by atoms with van der Waals surface area (Å²) in [5, 5.41) is 3.71. The smallest absolute Gasteiger partial charge is 0.251 e. The van der Waals surface area contributed by atoms with Crippen LogP contribution in [0, 0.1) is 0 Å². The number of furan rings is 1. The van der Waals surface area contributed by atoms with Crippen molar-refractivity contribution >= 4 is 22.8 Å². The molecule has 1 aromatic heterocycles. The topological polar surface area (TPSA) is 62.6 Å². The molecular formula is C24H28N2O3. The first-order valence-corrected chi connectivity index (χ1v) is 9.79. The zero-order valence-corrected chi connectivity index (χ0v) is 17.7. The highest BCUT2D eigenvalue weighted by Crippen LogP contribution is 2.26. The Balaban J connectivity index is 1.59. The molecule has 0 saturated heterocycles. The van der Waals surface area contributed by atoms with Gasteiger partial charge in [0.2, 0.25) is 5.91 Å². The van der Waals surface area contributed by atoms with Crippen molar-refractivity contribution in [3.63, 3.8) is 0 Å². The first-order chi connectivity index (χ1) is 13.7. The molecule has 0 aliphatic heterocycles. The summed E-state index contributed by atoms with van der Waals surface area (Å²) >= 11 is 0. The Labute approximate surface area is 171 Å². The Morgan fingerprint density at radius 3 is 2.34 bits per heavy atom. The molecule has 2 amide bonds. The van der Waals surface area contributed by atoms with Crippen molar-refractivity contribution in [3.8, 4) is 0 Å². The molecule has 1 unspecified atom stereocenters. The third-order valence-electron chi connectivity index (χ3n) is 5.24. The van der Waals surface area contributed by atoms with Crippen LogP contribution >= 0.6 is 0 Å². The fraction of sp³-hybridized carbons (Fsp3) is 0.333. The second-order valence-electron chi connectivity index (χ2n) is 8.38. The number of para-hydroxylation sites is 1. The molecular weight excluding hydrogens is 364 g/mol. The van der Waals surface area contributed by atoms with Gasteiger partial charge in [0.1, 0.15) is 11.3 Å². The third kappa shape index (κ3) is 4.67. The molecule has 1 atom stereocenters. The number of rotatable bonds is 5. The standard InChI is InChI=1S/C24H28N2O3/c1-16(21-14-18-8-6-7-9-20(18)29-21)26(5)22(27)15-25-23(28)17-10-12-19(13-11-17)24(2,3)4/h6-14,16H,15H2,1-5H3,(H,25,28). The van der Waals surface area contributed by atoms with E-state index in [2.05, 4.69) is 26.1 Å². The Morgan fingerprint density at radius 2 is 1.72 bits per heavy atom. The SMILES string of the molecule is CC(c1cc2ccccc2o1)N(C)C(=O)CNC(=O)c1ccc(C(C)(C)C)cc1. The average Bonchev–Trinajstić information content (AvgIpc) is 3.14. The highest BCUT2D eigenvalue weighted by molar-refractivity contribution is 5.96. The van der Waals surface area contributed by atoms with E-state index in [1.165, 1.54) is 0 Å². The van der Waals surface area contributed by atoms with Crippen LogP contribution in [0.3, 0.4) is 0 Å². The van der Waals surface area contributed by atoms with Crippen LogP contribution in [0.5, 0.6) is 0 Å². The third-order valence-corrected chi connectivity index (χ3v) is 5.24. The first-order valence-electron chi connectivity index (χ1n) is 9.79. The van der Waals surface area contributed by atoms with Crippen LogP contribution in [0.1, 0.15) is 55.4 Å². The van der Waals surface area contributed by atoms with Crippen molar-refractivity contribution in [3.05, 3.63) is 71.5 Å². The van der Waals surface area contributed by atoms with Crippen LogP contribution in [-0.2, 0) is 10.2 Å². The van der Waals surface area contributed by atoms with Gasteiger partial charge in [0.15, 0.2) is 0 Å². The van der Waals surface area contributed by atoms with Gasteiger partial charge in [-0.15, -0.1) is 0 Å². The van der Waals surface area contributed by atoms with E-state index in [1.807, 2.05) is 49.4 Å². The van der Waals surface area contributed by atoms with Gasteiger partial charge in [-0.2, -0.15) is 0 Å². The summed E-state index contributed by atoms with van der Waals surface area (Å²) in [4.78, 5) is 26.5. The Kier molecular flexibility index (Phi) is 5.78. The van der Waals surface area contributed by atoms with Crippen LogP contribution in [0.15, 0.2) is 59.0 Å². The van der Waals surface area contributed by atoms with Gasteiger partial charge in [0.05, 0.1) is 12.6 Å². The van der Waals surface area contributed by atoms with Crippen molar-refractivity contribution < 1.29 is 14.0 Å². The van der Waals surface area contributed by atoms with Gasteiger partial charge in [-0.25, -0.2) is 0 Å². The molecule has 29 heavy (non-hydrogen) atoms. The molecule has 0 spiro atoms. The van der Waals surface area contributed by atoms with Crippen molar-refractivity contribution in [1.82, 2.24) is 10.2 Å². The van der Waals surface area contributed by atoms with Gasteiger partial charge in [-0.1, -0.05) is 51.1 Å². The number of nitrogens with zero attached hydrogens (tertiary/aromatic N) is 1. The number of hydrogen-bond acceptors (Lipinski definition) is 3. The highest BCUT2D eigenvalue weighted by atomic mass is 16.3. The molecule has 3 rings (SSSR count). The van der Waals surface area contributed by atoms with Crippen LogP contribution < -0.4 is 5.32 Å². The number of nitrogens with one attached hydrogen (secondary N) is 1. The lowest BCUT2D eigenvalue weighted by Crippen LogP contribution is -2.39. The largest absolute Gasteiger partial charge is 0.459 e. The lowest BCUT2D eigenvalue weighted by Gasteiger charge is -2.23. The predicted octanol–water partition coefficient (Wildman–Crippen LogP) is 4.68. The lowest BCUT2D eigenvalue weighted by atomic mass is 9.87. The quantitative estimate of drug-likeness (QED) is 0.686. The molecule has 1 N–H and O–H groups in total. The molecule has 5 nitrogen and oxygen atoms in total. The summed E-state index contributed by atoms with van der Waals surface area (Å²) in [5.74, 6) is 0.271. The number of amides is 2. The molecule has 0 aliphatic carbocycles. The fourth-order valence-corrected chi connectivity index (χ4v) is 3.12. The Bertz CT molecular complexity index is 980. The molecule has 3 aromatic rings. The zero-order chi connectivity index (χ0) is 21.2. The maximum atomic E-state index is 12.6. The van der Waals surface area contributed by atoms with E-state index in [9.17, 15) is 9.59 Å². The molecule has 2 aromatic carbocycles. The average molecular weight is 392 g/mol. The molecule has 0 radical (unpaired) electrons. The fourth-order valence-electron chi connectivity index (χ4n) is 3.12. The molecule has 0 fully saturated rings. The highest BCUT2D eigenvalue weighted by Gasteiger charge is 2.21. The molecule has 5 heteroatoms. The molecule has 1 heterocycles. The van der Waals surface area contributed by atoms with Gasteiger partial charge < -0.3 is 14.6 Å². The minimum absolute atomic E-state index is 0.0283. The minimum atomic E-state index is -0.261. The summed E-state index contributed by atoms with van der Waals surface area (Å²) in [6.45, 7) is 8.21. The molecule has 0 saturated carbocycles. The molecule has 152 valence electrons. The maximum Gasteiger partial charge on any atom is 0.251 e. The molecule has 0 aliphatic rings. The predicted molar refractivity (Wildman–Crippen MR) is 115 cm³/mol. The second kappa shape index (κ2) is 8.11. The second-order valence-corrected chi connectivity index (χ2v) is 8.38. The monoisotopic (exact) mass is 392 g/mol. The summed E-state index contributed by atoms with van der Waals surface area (Å²) < 4.78 is 5.85. The van der Waals surface area contributed by atoms with Gasteiger partial charge in [0.25, 0.3) is 5.91 Å². The van der Waals surface area contributed by atoms with Crippen LogP contribution in [-0.4, -0.2) is 30.3 Å². The Hall–Kier alpha value is -3.08. The van der Waals surface area contributed by atoms with Crippen molar-refractivity contribution in [2.24, 2.45) is 0 Å². The van der Waals surface area contributed by atoms with E-state index in [0.29, 0.717) is 11.3 Å². The van der Waals surface area contributed by atoms with E-state index in [0.717, 1.165) is 16.5 Å². The summed E-state index contributed by atoms with van der Waals surface area (Å²) in [6.07, 6.45) is 0. The van der Waals surface area contributed by atoms with E-state index in [4.69, 9.17) is 4.42 Å². The van der Waals surface area contributed by atoms with Crippen molar-refractivity contribution in [1.29, 1.82) is 0 Å². The minimum Gasteiger partial charge on any atom is -0.459 e. The number of hydrogen-bond donors (Lipinski definition) is 1. The maximum absolute atomic E-state index is 12.6. The molecule has 0 bridgehead atoms. The number of likely N-dealkylation sites (N-methyl/N-ethyl adjacent to an activating group) is 1. The van der Waals surface area contributed by atoms with Gasteiger partial charge in [0, 0.05) is 18.0 Å². The van der Waals surface area contributed by atoms with Crippen LogP contribution in [0.2, 0.25) is 0 Å². The summed E-state index contributed by atoms with van der Waals surface area (Å²) in [5.41, 5.74) is 2.52. The number of fused-ring (bicyclic) bond motifs is 1. The number of benzene rings is 2. The van der Waals surface area contributed by atoms with Gasteiger partial charge >= 0.3 is 0 Å². The Morgan fingerprint density at radius 1 is 1.07 bits per heavy atom. The van der Waals surface area contributed by atoms with E-state index in [-0.39, 0.29) is 29.8 Å². The first kappa shape index (κ1) is 20.6. The lowest BCUT2D eigenvalue weighted by molar-refractivity contribution is -0.131. The van der Waals surface area contributed by atoms with E-state index in [1.54, 1.807) is 24.1 Å². The van der Waals surface area contributed by atoms with E-state index >= 15 is 0 Å². The van der Waals surface area contributed by atoms with Crippen LogP contribution in [0.25, 0.3) is 11.0 Å². The zero-order valence-electron chi connectivity index (χ0n) is 17.7. The number of carbonyl (C=O) groups is 2. The summed E-state index contributed by atoms with van der Waals surface area (Å²) in [7, 11) is 1.71. The normalized spacial score (nSPS) is 12.6. The number of carbonyl (C=O) groups excluding carboxylic acids is 2.